The first-order valence-electron chi connectivity index (χ1n) is 4.54. The Balaban J connectivity index is 2.50. The SMILES string of the molecule is NC(=O)c1cnccc1-c1noc(C(F)(F)F)n1. The summed E-state index contributed by atoms with van der Waals surface area (Å²) in [6.45, 7) is 0. The highest BCUT2D eigenvalue weighted by molar-refractivity contribution is 5.98. The van der Waals surface area contributed by atoms with E-state index in [0.29, 0.717) is 0 Å². The predicted octanol–water partition coefficient (Wildman–Crippen LogP) is 1.25. The maximum absolute atomic E-state index is 12.3. The molecule has 18 heavy (non-hydrogen) atoms. The van der Waals surface area contributed by atoms with E-state index in [1.54, 1.807) is 0 Å². The number of carbonyl (C=O) groups is 1. The zero-order valence-electron chi connectivity index (χ0n) is 8.60. The summed E-state index contributed by atoms with van der Waals surface area (Å²) in [5.41, 5.74) is 4.99. The molecule has 0 aliphatic heterocycles. The van der Waals surface area contributed by atoms with E-state index in [2.05, 4.69) is 19.6 Å². The summed E-state index contributed by atoms with van der Waals surface area (Å²) in [5.74, 6) is -2.72. The minimum atomic E-state index is -4.74. The first-order valence-corrected chi connectivity index (χ1v) is 4.54. The summed E-state index contributed by atoms with van der Waals surface area (Å²) in [4.78, 5) is 17.9. The van der Waals surface area contributed by atoms with Crippen molar-refractivity contribution in [3.8, 4) is 11.4 Å². The fraction of sp³-hybridized carbons (Fsp3) is 0.111. The summed E-state index contributed by atoms with van der Waals surface area (Å²) < 4.78 is 40.9. The van der Waals surface area contributed by atoms with Gasteiger partial charge in [0.15, 0.2) is 0 Å². The molecule has 9 heteroatoms. The van der Waals surface area contributed by atoms with E-state index < -0.39 is 18.0 Å². The molecule has 0 saturated carbocycles. The molecule has 94 valence electrons. The van der Waals surface area contributed by atoms with Crippen LogP contribution in [-0.2, 0) is 6.18 Å². The Morgan fingerprint density at radius 2 is 2.11 bits per heavy atom. The van der Waals surface area contributed by atoms with Crippen LogP contribution in [0.4, 0.5) is 13.2 Å². The highest BCUT2D eigenvalue weighted by atomic mass is 19.4. The molecular formula is C9H5F3N4O2. The maximum Gasteiger partial charge on any atom is 0.471 e. The van der Waals surface area contributed by atoms with Gasteiger partial charge in [-0.1, -0.05) is 5.16 Å². The number of carbonyl (C=O) groups excluding carboxylic acids is 1. The van der Waals surface area contributed by atoms with Gasteiger partial charge < -0.3 is 10.3 Å². The smallest absolute Gasteiger partial charge is 0.366 e. The van der Waals surface area contributed by atoms with E-state index in [-0.39, 0.29) is 17.0 Å². The van der Waals surface area contributed by atoms with Crippen LogP contribution in [0.15, 0.2) is 23.0 Å². The number of aromatic nitrogens is 3. The number of primary amides is 1. The molecule has 2 rings (SSSR count). The highest BCUT2D eigenvalue weighted by Gasteiger charge is 2.38. The number of halogens is 3. The fourth-order valence-corrected chi connectivity index (χ4v) is 1.23. The Bertz CT molecular complexity index is 593. The van der Waals surface area contributed by atoms with Crippen molar-refractivity contribution >= 4 is 5.91 Å². The van der Waals surface area contributed by atoms with Crippen molar-refractivity contribution in [2.24, 2.45) is 5.73 Å². The van der Waals surface area contributed by atoms with Crippen molar-refractivity contribution in [3.63, 3.8) is 0 Å². The van der Waals surface area contributed by atoms with Crippen LogP contribution in [0.25, 0.3) is 11.4 Å². The van der Waals surface area contributed by atoms with Crippen LogP contribution >= 0.6 is 0 Å². The number of rotatable bonds is 2. The minimum Gasteiger partial charge on any atom is -0.366 e. The average molecular weight is 258 g/mol. The number of nitrogens with two attached hydrogens (primary N) is 1. The topological polar surface area (TPSA) is 94.9 Å². The van der Waals surface area contributed by atoms with E-state index in [0.717, 1.165) is 6.20 Å². The van der Waals surface area contributed by atoms with Gasteiger partial charge >= 0.3 is 12.1 Å². The third-order valence-corrected chi connectivity index (χ3v) is 2.00. The molecule has 0 unspecified atom stereocenters. The molecule has 0 aliphatic carbocycles. The number of pyridine rings is 1. The molecule has 2 N–H and O–H groups in total. The fourth-order valence-electron chi connectivity index (χ4n) is 1.23. The van der Waals surface area contributed by atoms with Crippen molar-refractivity contribution in [2.45, 2.75) is 6.18 Å². The standard InChI is InChI=1S/C9H5F3N4O2/c10-9(11,12)8-15-7(16-18-8)4-1-2-14-3-5(4)6(13)17/h1-3H,(H2,13,17). The quantitative estimate of drug-likeness (QED) is 0.874. The zero-order valence-corrected chi connectivity index (χ0v) is 8.60. The van der Waals surface area contributed by atoms with Gasteiger partial charge in [-0.05, 0) is 6.07 Å². The van der Waals surface area contributed by atoms with Crippen molar-refractivity contribution in [2.75, 3.05) is 0 Å². The van der Waals surface area contributed by atoms with Crippen LogP contribution in [0.5, 0.6) is 0 Å². The number of alkyl halides is 3. The normalized spacial score (nSPS) is 11.5. The Hall–Kier alpha value is -2.45. The number of hydrogen-bond donors (Lipinski definition) is 1. The van der Waals surface area contributed by atoms with Crippen LogP contribution in [0, 0.1) is 0 Å². The summed E-state index contributed by atoms with van der Waals surface area (Å²) in [5, 5.41) is 3.15. The lowest BCUT2D eigenvalue weighted by Crippen LogP contribution is -2.13. The second kappa shape index (κ2) is 4.09. The van der Waals surface area contributed by atoms with Gasteiger partial charge in [0.25, 0.3) is 5.91 Å². The zero-order chi connectivity index (χ0) is 13.3. The van der Waals surface area contributed by atoms with E-state index in [1.165, 1.54) is 12.3 Å². The highest BCUT2D eigenvalue weighted by Crippen LogP contribution is 2.29. The van der Waals surface area contributed by atoms with Gasteiger partial charge in [0.1, 0.15) is 0 Å². The molecule has 0 aliphatic rings. The molecule has 0 saturated heterocycles. The van der Waals surface area contributed by atoms with Crippen LogP contribution in [0.3, 0.4) is 0 Å². The monoisotopic (exact) mass is 258 g/mol. The van der Waals surface area contributed by atoms with Gasteiger partial charge in [-0.3, -0.25) is 9.78 Å². The summed E-state index contributed by atoms with van der Waals surface area (Å²) in [7, 11) is 0. The molecule has 0 radical (unpaired) electrons. The van der Waals surface area contributed by atoms with E-state index in [9.17, 15) is 18.0 Å². The lowest BCUT2D eigenvalue weighted by molar-refractivity contribution is -0.159. The van der Waals surface area contributed by atoms with Gasteiger partial charge in [0, 0.05) is 18.0 Å². The first-order chi connectivity index (χ1) is 8.39. The van der Waals surface area contributed by atoms with Crippen molar-refractivity contribution < 1.29 is 22.5 Å². The van der Waals surface area contributed by atoms with E-state index in [4.69, 9.17) is 5.73 Å². The van der Waals surface area contributed by atoms with Crippen molar-refractivity contribution in [1.29, 1.82) is 0 Å². The Labute approximate surface area is 97.6 Å². The third kappa shape index (κ3) is 2.14. The van der Waals surface area contributed by atoms with E-state index >= 15 is 0 Å². The molecule has 6 nitrogen and oxygen atoms in total. The summed E-state index contributed by atoms with van der Waals surface area (Å²) in [6.07, 6.45) is -2.36. The average Bonchev–Trinajstić information content (AvgIpc) is 2.77. The predicted molar refractivity (Wildman–Crippen MR) is 51.0 cm³/mol. The van der Waals surface area contributed by atoms with E-state index in [1.807, 2.05) is 0 Å². The van der Waals surface area contributed by atoms with Gasteiger partial charge in [-0.15, -0.1) is 0 Å². The lowest BCUT2D eigenvalue weighted by atomic mass is 10.1. The molecule has 1 amide bonds. The van der Waals surface area contributed by atoms with Crippen molar-refractivity contribution in [3.05, 3.63) is 29.9 Å². The molecule has 2 aromatic rings. The van der Waals surface area contributed by atoms with Gasteiger partial charge in [-0.2, -0.15) is 18.2 Å². The molecule has 0 spiro atoms. The van der Waals surface area contributed by atoms with Gasteiger partial charge in [-0.25, -0.2) is 0 Å². The Morgan fingerprint density at radius 3 is 2.67 bits per heavy atom. The second-order valence-corrected chi connectivity index (χ2v) is 3.21. The number of nitrogens with zero attached hydrogens (tertiary/aromatic N) is 3. The Kier molecular flexibility index (Phi) is 2.73. The molecule has 2 aromatic heterocycles. The Morgan fingerprint density at radius 1 is 1.39 bits per heavy atom. The maximum atomic E-state index is 12.3. The largest absolute Gasteiger partial charge is 0.471 e. The lowest BCUT2D eigenvalue weighted by Gasteiger charge is -2.00. The first kappa shape index (κ1) is 12.0. The summed E-state index contributed by atoms with van der Waals surface area (Å²) >= 11 is 0. The summed E-state index contributed by atoms with van der Waals surface area (Å²) in [6, 6.07) is 1.27. The van der Waals surface area contributed by atoms with Gasteiger partial charge in [0.05, 0.1) is 5.56 Å². The molecular weight excluding hydrogens is 253 g/mol. The number of hydrogen-bond acceptors (Lipinski definition) is 5. The van der Waals surface area contributed by atoms with Crippen LogP contribution in [0.2, 0.25) is 0 Å². The number of amides is 1. The second-order valence-electron chi connectivity index (χ2n) is 3.21. The molecule has 0 atom stereocenters. The van der Waals surface area contributed by atoms with Crippen LogP contribution < -0.4 is 5.73 Å². The third-order valence-electron chi connectivity index (χ3n) is 2.00. The van der Waals surface area contributed by atoms with Crippen LogP contribution in [0.1, 0.15) is 16.2 Å². The molecule has 0 fully saturated rings. The van der Waals surface area contributed by atoms with Crippen LogP contribution in [-0.4, -0.2) is 21.0 Å². The molecule has 0 aromatic carbocycles. The minimum absolute atomic E-state index is 0.0248. The van der Waals surface area contributed by atoms with Crippen molar-refractivity contribution in [1.82, 2.24) is 15.1 Å². The molecule has 2 heterocycles. The molecule has 0 bridgehead atoms. The van der Waals surface area contributed by atoms with Gasteiger partial charge in [0.2, 0.25) is 5.82 Å².